The Morgan fingerprint density at radius 2 is 1.74 bits per heavy atom. The van der Waals surface area contributed by atoms with Crippen molar-refractivity contribution in [3.63, 3.8) is 0 Å². The van der Waals surface area contributed by atoms with Crippen molar-refractivity contribution in [2.24, 2.45) is 17.3 Å². The molecule has 3 heterocycles. The van der Waals surface area contributed by atoms with Crippen LogP contribution in [0.1, 0.15) is 95.2 Å². The Balaban J connectivity index is 1.08. The van der Waals surface area contributed by atoms with Gasteiger partial charge in [-0.05, 0) is 119 Å². The van der Waals surface area contributed by atoms with E-state index in [1.807, 2.05) is 28.0 Å². The molecule has 1 saturated heterocycles. The first-order valence-electron chi connectivity index (χ1n) is 18.5. The number of fused-ring (bicyclic) bond motifs is 3. The number of aliphatic hydroxyl groups excluding tert-OH is 1. The average molecular weight is 685 g/mol. The highest BCUT2D eigenvalue weighted by atomic mass is 16.6. The minimum atomic E-state index is -0.447. The number of aliphatic hydroxyl groups is 1. The van der Waals surface area contributed by atoms with Gasteiger partial charge in [0.05, 0.1) is 44.8 Å². The molecule has 0 radical (unpaired) electrons. The van der Waals surface area contributed by atoms with E-state index in [1.54, 1.807) is 13.4 Å². The number of aromatic nitrogens is 4. The summed E-state index contributed by atoms with van der Waals surface area (Å²) < 4.78 is 13.0. The number of carbonyl (C=O) groups is 2. The molecule has 11 heteroatoms. The van der Waals surface area contributed by atoms with Gasteiger partial charge >= 0.3 is 6.09 Å². The maximum atomic E-state index is 14.6. The largest absolute Gasteiger partial charge is 0.496 e. The van der Waals surface area contributed by atoms with Gasteiger partial charge in [0.1, 0.15) is 17.9 Å². The molecule has 4 aliphatic carbocycles. The number of benzene rings is 1. The van der Waals surface area contributed by atoms with Gasteiger partial charge in [-0.1, -0.05) is 12.1 Å². The number of carbonyl (C=O) groups excluding carboxylic acids is 2. The molecule has 1 N–H and O–H groups in total. The minimum absolute atomic E-state index is 0.0441. The second-order valence-electron chi connectivity index (χ2n) is 15.8. The van der Waals surface area contributed by atoms with Gasteiger partial charge in [-0.2, -0.15) is 5.10 Å². The molecule has 2 bridgehead atoms. The van der Waals surface area contributed by atoms with Crippen molar-refractivity contribution in [2.75, 3.05) is 38.3 Å². The van der Waals surface area contributed by atoms with E-state index in [0.717, 1.165) is 81.2 Å². The van der Waals surface area contributed by atoms with Crippen LogP contribution in [0.2, 0.25) is 0 Å². The average Bonchev–Trinajstić information content (AvgIpc) is 3.64. The van der Waals surface area contributed by atoms with Gasteiger partial charge in [0.2, 0.25) is 5.91 Å². The van der Waals surface area contributed by atoms with Crippen LogP contribution >= 0.6 is 0 Å². The maximum absolute atomic E-state index is 14.6. The zero-order chi connectivity index (χ0) is 35.0. The molecule has 8 rings (SSSR count). The van der Waals surface area contributed by atoms with Gasteiger partial charge in [-0.25, -0.2) is 14.8 Å². The molecule has 0 spiro atoms. The lowest BCUT2D eigenvalue weighted by Gasteiger charge is -2.55. The molecule has 2 amide bonds. The Labute approximate surface area is 295 Å². The first-order valence-corrected chi connectivity index (χ1v) is 18.5. The van der Waals surface area contributed by atoms with Crippen LogP contribution in [0.25, 0.3) is 11.3 Å². The van der Waals surface area contributed by atoms with Crippen molar-refractivity contribution in [1.29, 1.82) is 0 Å². The first-order chi connectivity index (χ1) is 24.1. The second kappa shape index (κ2) is 14.0. The molecule has 268 valence electrons. The molecule has 50 heavy (non-hydrogen) atoms. The highest BCUT2D eigenvalue weighted by Crippen LogP contribution is 2.58. The van der Waals surface area contributed by atoms with Gasteiger partial charge in [-0.3, -0.25) is 14.4 Å². The normalized spacial score (nSPS) is 26.5. The summed E-state index contributed by atoms with van der Waals surface area (Å²) in [6.45, 7) is 8.00. The third kappa shape index (κ3) is 6.85. The topological polar surface area (TPSA) is 123 Å². The molecule has 0 unspecified atom stereocenters. The maximum Gasteiger partial charge on any atom is 0.409 e. The van der Waals surface area contributed by atoms with Crippen LogP contribution < -0.4 is 9.64 Å². The van der Waals surface area contributed by atoms with Gasteiger partial charge < -0.3 is 19.5 Å². The van der Waals surface area contributed by atoms with E-state index in [4.69, 9.17) is 14.5 Å². The van der Waals surface area contributed by atoms with Crippen molar-refractivity contribution in [2.45, 2.75) is 103 Å². The molecule has 0 atom stereocenters. The second-order valence-corrected chi connectivity index (χ2v) is 15.8. The summed E-state index contributed by atoms with van der Waals surface area (Å²) in [5.41, 5.74) is 4.50. The van der Waals surface area contributed by atoms with E-state index >= 15 is 0 Å². The van der Waals surface area contributed by atoms with E-state index in [1.165, 1.54) is 16.0 Å². The molecule has 1 aliphatic heterocycles. The zero-order valence-electron chi connectivity index (χ0n) is 30.0. The Kier molecular flexibility index (Phi) is 9.62. The van der Waals surface area contributed by atoms with Crippen molar-refractivity contribution < 1.29 is 24.2 Å². The zero-order valence-corrected chi connectivity index (χ0v) is 30.0. The molecule has 11 nitrogen and oxygen atoms in total. The van der Waals surface area contributed by atoms with Gasteiger partial charge in [-0.15, -0.1) is 0 Å². The molecule has 2 aromatic heterocycles. The minimum Gasteiger partial charge on any atom is -0.496 e. The Morgan fingerprint density at radius 1 is 1.02 bits per heavy atom. The van der Waals surface area contributed by atoms with Crippen molar-refractivity contribution in [3.05, 3.63) is 54.1 Å². The fourth-order valence-corrected chi connectivity index (χ4v) is 8.84. The van der Waals surface area contributed by atoms with Crippen molar-refractivity contribution >= 4 is 17.8 Å². The highest BCUT2D eigenvalue weighted by molar-refractivity contribution is 5.94. The monoisotopic (exact) mass is 684 g/mol. The van der Waals surface area contributed by atoms with Crippen LogP contribution in [0.3, 0.4) is 0 Å². The number of hydrogen-bond acceptors (Lipinski definition) is 8. The smallest absolute Gasteiger partial charge is 0.409 e. The quantitative estimate of drug-likeness (QED) is 0.258. The third-order valence-corrected chi connectivity index (χ3v) is 12.3. The molecule has 5 fully saturated rings. The number of methoxy groups -OCH3 is 1. The summed E-state index contributed by atoms with van der Waals surface area (Å²) in [4.78, 5) is 39.8. The van der Waals surface area contributed by atoms with Crippen LogP contribution in [-0.2, 0) is 14.9 Å². The van der Waals surface area contributed by atoms with Gasteiger partial charge in [0, 0.05) is 36.3 Å². The number of aryl methyl sites for hydroxylation is 1. The summed E-state index contributed by atoms with van der Waals surface area (Å²) in [6.07, 6.45) is 14.4. The van der Waals surface area contributed by atoms with Crippen molar-refractivity contribution in [1.82, 2.24) is 24.6 Å². The van der Waals surface area contributed by atoms with Crippen LogP contribution in [0.15, 0.2) is 43.0 Å². The Morgan fingerprint density at radius 3 is 2.36 bits per heavy atom. The number of likely N-dealkylation sites (tertiary alicyclic amines) is 1. The summed E-state index contributed by atoms with van der Waals surface area (Å²) in [7, 11) is 1.73. The van der Waals surface area contributed by atoms with E-state index in [9.17, 15) is 14.7 Å². The van der Waals surface area contributed by atoms with Crippen molar-refractivity contribution in [3.8, 4) is 17.0 Å². The SMILES string of the molecule is COc1ccc(C23CCC(CN(C(=O)C4CCC(COC(=O)N5CC(O)C5)CC4)c4cc(-c5cnn(C(C)C)c5)ncn4)(CC2)CC3)cc1C. The van der Waals surface area contributed by atoms with Crippen LogP contribution in [0, 0.1) is 24.2 Å². The molecular formula is C39H52N6O5. The standard InChI is InChI=1S/C39H52N6O5/c1-26(2)45-20-30(19-42-45)33-18-35(41-25-40-33)44(36(47)29-7-5-28(6-8-29)23-50-37(48)43-21-32(46)22-43)24-38-11-14-39(15-12-38,16-13-38)31-9-10-34(49-4)27(3)17-31/h9-10,17-20,25-26,28-29,32,46H,5-8,11-16,21-24H2,1-4H3. The third-order valence-electron chi connectivity index (χ3n) is 12.3. The van der Waals surface area contributed by atoms with Gasteiger partial charge in [0.15, 0.2) is 0 Å². The molecule has 3 aromatic rings. The predicted molar refractivity (Wildman–Crippen MR) is 190 cm³/mol. The van der Waals surface area contributed by atoms with Crippen LogP contribution in [0.5, 0.6) is 5.75 Å². The summed E-state index contributed by atoms with van der Waals surface area (Å²) in [5, 5.41) is 14.0. The lowest BCUT2D eigenvalue weighted by Crippen LogP contribution is -2.53. The summed E-state index contributed by atoms with van der Waals surface area (Å²) in [5.74, 6) is 1.85. The lowest BCUT2D eigenvalue weighted by atomic mass is 9.51. The Bertz CT molecular complexity index is 1670. The first kappa shape index (κ1) is 34.5. The molecule has 4 saturated carbocycles. The number of ether oxygens (including phenoxy) is 2. The summed E-state index contributed by atoms with van der Waals surface area (Å²) >= 11 is 0. The number of rotatable bonds is 10. The summed E-state index contributed by atoms with van der Waals surface area (Å²) in [6, 6.07) is 8.89. The van der Waals surface area contributed by atoms with Crippen LogP contribution in [-0.4, -0.2) is 81.2 Å². The van der Waals surface area contributed by atoms with E-state index < -0.39 is 6.10 Å². The predicted octanol–water partition coefficient (Wildman–Crippen LogP) is 6.48. The Hall–Kier alpha value is -3.99. The number of β-amino-alcohol motifs (C(OH)–C–C–N with tert-alkyl or cyclic N) is 1. The van der Waals surface area contributed by atoms with E-state index in [2.05, 4.69) is 49.1 Å². The number of nitrogens with zero attached hydrogens (tertiary/aromatic N) is 6. The van der Waals surface area contributed by atoms with E-state index in [0.29, 0.717) is 32.1 Å². The number of amides is 2. The fraction of sp³-hybridized carbons (Fsp3) is 0.615. The number of hydrogen-bond donors (Lipinski definition) is 1. The van der Waals surface area contributed by atoms with Gasteiger partial charge in [0.25, 0.3) is 0 Å². The molecular weight excluding hydrogens is 632 g/mol. The molecule has 1 aromatic carbocycles. The molecule has 5 aliphatic rings. The fourth-order valence-electron chi connectivity index (χ4n) is 8.84. The van der Waals surface area contributed by atoms with E-state index in [-0.39, 0.29) is 40.7 Å². The van der Waals surface area contributed by atoms with Crippen LogP contribution in [0.4, 0.5) is 10.6 Å². The highest BCUT2D eigenvalue weighted by Gasteiger charge is 2.51. The number of anilines is 1. The lowest BCUT2D eigenvalue weighted by molar-refractivity contribution is -0.124.